The molecule has 0 unspecified atom stereocenters. The van der Waals surface area contributed by atoms with Crippen LogP contribution in [-0.2, 0) is 10.3 Å². The molecule has 2 aromatic carbocycles. The first-order valence-corrected chi connectivity index (χ1v) is 7.69. The Morgan fingerprint density at radius 1 is 1.21 bits per heavy atom. The van der Waals surface area contributed by atoms with Crippen LogP contribution in [0.3, 0.4) is 0 Å². The smallest absolute Gasteiger partial charge is 0.387 e. The summed E-state index contributed by atoms with van der Waals surface area (Å²) in [5.41, 5.74) is 5.74. The fraction of sp³-hybridized carbons (Fsp3) is 0.188. The normalized spacial score (nSPS) is 20.0. The van der Waals surface area contributed by atoms with Gasteiger partial charge in [-0.15, -0.1) is 0 Å². The van der Waals surface area contributed by atoms with E-state index < -0.39 is 23.7 Å². The maximum atomic E-state index is 14.1. The van der Waals surface area contributed by atoms with Crippen molar-refractivity contribution in [2.75, 3.05) is 6.61 Å². The number of amidine groups is 1. The second kappa shape index (κ2) is 6.35. The summed E-state index contributed by atoms with van der Waals surface area (Å²) < 4.78 is 48.9. The van der Waals surface area contributed by atoms with Crippen LogP contribution in [0.2, 0.25) is 0 Å². The lowest BCUT2D eigenvalue weighted by Crippen LogP contribution is -2.27. The Kier molecular flexibility index (Phi) is 4.40. The van der Waals surface area contributed by atoms with Crippen LogP contribution in [-0.4, -0.2) is 19.2 Å². The molecule has 0 saturated heterocycles. The minimum atomic E-state index is -3.10. The van der Waals surface area contributed by atoms with Gasteiger partial charge in [0.25, 0.3) is 6.02 Å². The van der Waals surface area contributed by atoms with Crippen molar-refractivity contribution in [1.82, 2.24) is 0 Å². The Morgan fingerprint density at radius 2 is 1.96 bits per heavy atom. The molecule has 8 heteroatoms. The number of nitrogens with zero attached hydrogens (tertiary/aromatic N) is 1. The number of hydrogen-bond acceptors (Lipinski definition) is 4. The summed E-state index contributed by atoms with van der Waals surface area (Å²) in [7, 11) is 0. The van der Waals surface area contributed by atoms with E-state index in [1.807, 2.05) is 12.1 Å². The van der Waals surface area contributed by atoms with E-state index in [4.69, 9.17) is 10.5 Å². The van der Waals surface area contributed by atoms with Crippen LogP contribution in [0.15, 0.2) is 51.9 Å². The van der Waals surface area contributed by atoms with E-state index in [1.54, 1.807) is 12.1 Å². The van der Waals surface area contributed by atoms with Crippen LogP contribution in [0, 0.1) is 5.82 Å². The second-order valence-corrected chi connectivity index (χ2v) is 6.05. The fourth-order valence-electron chi connectivity index (χ4n) is 2.59. The zero-order chi connectivity index (χ0) is 17.3. The van der Waals surface area contributed by atoms with Crippen LogP contribution < -0.4 is 10.5 Å². The Bertz CT molecular complexity index is 801. The Labute approximate surface area is 144 Å². The quantitative estimate of drug-likeness (QED) is 0.849. The molecule has 0 fully saturated rings. The van der Waals surface area contributed by atoms with Crippen molar-refractivity contribution < 1.29 is 22.6 Å². The summed E-state index contributed by atoms with van der Waals surface area (Å²) in [5.74, 6) is -1.45. The van der Waals surface area contributed by atoms with E-state index in [-0.39, 0.29) is 12.6 Å². The molecule has 0 amide bonds. The molecule has 1 atom stereocenters. The van der Waals surface area contributed by atoms with Gasteiger partial charge in [-0.1, -0.05) is 34.1 Å². The monoisotopic (exact) mass is 400 g/mol. The van der Waals surface area contributed by atoms with Crippen LogP contribution >= 0.6 is 15.9 Å². The van der Waals surface area contributed by atoms with Crippen LogP contribution in [0.4, 0.5) is 13.2 Å². The van der Waals surface area contributed by atoms with Gasteiger partial charge in [-0.2, -0.15) is 8.78 Å². The van der Waals surface area contributed by atoms with Crippen LogP contribution in [0.1, 0.15) is 11.1 Å². The third kappa shape index (κ3) is 3.06. The summed E-state index contributed by atoms with van der Waals surface area (Å²) in [6.45, 7) is -3.03. The number of rotatable bonds is 4. The second-order valence-electron chi connectivity index (χ2n) is 5.13. The SMILES string of the molecule is NC1=N[C@](c2cccc(Br)c2)(c2ccc(OC(F)F)c(F)c2)CO1. The maximum Gasteiger partial charge on any atom is 0.387 e. The number of alkyl halides is 2. The Balaban J connectivity index is 2.10. The molecular weight excluding hydrogens is 389 g/mol. The fourth-order valence-corrected chi connectivity index (χ4v) is 2.99. The summed E-state index contributed by atoms with van der Waals surface area (Å²) >= 11 is 3.38. The molecule has 0 bridgehead atoms. The molecule has 1 aliphatic heterocycles. The molecule has 1 heterocycles. The minimum absolute atomic E-state index is 0.0247. The molecule has 2 aromatic rings. The topological polar surface area (TPSA) is 56.8 Å². The van der Waals surface area contributed by atoms with Gasteiger partial charge >= 0.3 is 6.61 Å². The van der Waals surface area contributed by atoms with Gasteiger partial charge < -0.3 is 15.2 Å². The first-order valence-electron chi connectivity index (χ1n) is 6.90. The van der Waals surface area contributed by atoms with Gasteiger partial charge in [-0.3, -0.25) is 0 Å². The highest BCUT2D eigenvalue weighted by molar-refractivity contribution is 9.10. The Hall–Kier alpha value is -2.22. The number of aliphatic imine (C=N–C) groups is 1. The highest BCUT2D eigenvalue weighted by atomic mass is 79.9. The van der Waals surface area contributed by atoms with E-state index >= 15 is 0 Å². The predicted molar refractivity (Wildman–Crippen MR) is 85.5 cm³/mol. The molecule has 0 saturated carbocycles. The minimum Gasteiger partial charge on any atom is -0.462 e. The number of hydrogen-bond donors (Lipinski definition) is 1. The Morgan fingerprint density at radius 3 is 2.54 bits per heavy atom. The lowest BCUT2D eigenvalue weighted by atomic mass is 9.84. The number of ether oxygens (including phenoxy) is 2. The van der Waals surface area contributed by atoms with E-state index in [2.05, 4.69) is 25.7 Å². The standard InChI is InChI=1S/C16H12BrF3N2O2/c17-11-3-1-2-9(6-11)16(8-23-15(21)22-16)10-4-5-13(12(18)7-10)24-14(19)20/h1-7,14H,8H2,(H2,21,22)/t16-/m1/s1. The largest absolute Gasteiger partial charge is 0.462 e. The first kappa shape index (κ1) is 16.6. The molecular formula is C16H12BrF3N2O2. The number of halogens is 4. The van der Waals surface area contributed by atoms with Crippen molar-refractivity contribution in [3.63, 3.8) is 0 Å². The molecule has 0 radical (unpaired) electrons. The van der Waals surface area contributed by atoms with E-state index in [1.165, 1.54) is 6.07 Å². The van der Waals surface area contributed by atoms with Gasteiger partial charge in [0.15, 0.2) is 17.1 Å². The van der Waals surface area contributed by atoms with Crippen molar-refractivity contribution in [2.45, 2.75) is 12.2 Å². The van der Waals surface area contributed by atoms with Crippen LogP contribution in [0.5, 0.6) is 5.75 Å². The third-order valence-corrected chi connectivity index (χ3v) is 4.15. The van der Waals surface area contributed by atoms with Gasteiger partial charge in [0, 0.05) is 4.47 Å². The van der Waals surface area contributed by atoms with Gasteiger partial charge in [0.2, 0.25) is 0 Å². The number of nitrogens with two attached hydrogens (primary N) is 1. The predicted octanol–water partition coefficient (Wildman–Crippen LogP) is 3.78. The molecule has 0 aromatic heterocycles. The summed E-state index contributed by atoms with van der Waals surface area (Å²) in [6.07, 6.45) is 0. The molecule has 0 spiro atoms. The molecule has 1 aliphatic rings. The van der Waals surface area contributed by atoms with Gasteiger partial charge in [0.05, 0.1) is 0 Å². The number of benzene rings is 2. The molecule has 126 valence electrons. The average molecular weight is 401 g/mol. The lowest BCUT2D eigenvalue weighted by Gasteiger charge is -2.25. The highest BCUT2D eigenvalue weighted by Gasteiger charge is 2.40. The molecule has 0 aliphatic carbocycles. The average Bonchev–Trinajstić information content (AvgIpc) is 2.92. The maximum absolute atomic E-state index is 14.1. The van der Waals surface area contributed by atoms with Gasteiger partial charge in [-0.25, -0.2) is 9.38 Å². The van der Waals surface area contributed by atoms with Gasteiger partial charge in [-0.05, 0) is 35.4 Å². The van der Waals surface area contributed by atoms with E-state index in [0.29, 0.717) is 5.56 Å². The molecule has 2 N–H and O–H groups in total. The van der Waals surface area contributed by atoms with Crippen molar-refractivity contribution in [1.29, 1.82) is 0 Å². The molecule has 4 nitrogen and oxygen atoms in total. The van der Waals surface area contributed by atoms with Crippen LogP contribution in [0.25, 0.3) is 0 Å². The van der Waals surface area contributed by atoms with E-state index in [0.717, 1.165) is 22.2 Å². The van der Waals surface area contributed by atoms with Crippen molar-refractivity contribution in [3.05, 3.63) is 63.9 Å². The lowest BCUT2D eigenvalue weighted by molar-refractivity contribution is -0.0522. The molecule has 24 heavy (non-hydrogen) atoms. The zero-order valence-corrected chi connectivity index (χ0v) is 13.8. The summed E-state index contributed by atoms with van der Waals surface area (Å²) in [5, 5.41) is 0. The first-order chi connectivity index (χ1) is 11.4. The zero-order valence-electron chi connectivity index (χ0n) is 12.2. The van der Waals surface area contributed by atoms with Crippen molar-refractivity contribution in [2.24, 2.45) is 10.7 Å². The van der Waals surface area contributed by atoms with Crippen molar-refractivity contribution >= 4 is 22.0 Å². The summed E-state index contributed by atoms with van der Waals surface area (Å²) in [4.78, 5) is 4.33. The highest BCUT2D eigenvalue weighted by Crippen LogP contribution is 2.39. The molecule has 3 rings (SSSR count). The van der Waals surface area contributed by atoms with Gasteiger partial charge in [0.1, 0.15) is 6.61 Å². The van der Waals surface area contributed by atoms with E-state index in [9.17, 15) is 13.2 Å². The third-order valence-electron chi connectivity index (χ3n) is 3.66. The van der Waals surface area contributed by atoms with Crippen molar-refractivity contribution in [3.8, 4) is 5.75 Å². The summed E-state index contributed by atoms with van der Waals surface area (Å²) in [6, 6.07) is 10.9.